The molecule has 242 valence electrons. The van der Waals surface area contributed by atoms with E-state index >= 15 is 0 Å². The van der Waals surface area contributed by atoms with Crippen molar-refractivity contribution in [2.75, 3.05) is 0 Å². The standard InChI is InChI=1S/C10H3F21NO6PS/c11-1(12,3(15,16)7(23,24)25)2(13,14)5(19,20)9(29,30)40(36,37)32-10(31,38-39(33,34)35)6(21,22)4(17,18)8(26,27)28/h32H,(H2,33,34,35). The maximum Gasteiger partial charge on any atom is 0.473 e. The lowest BCUT2D eigenvalue weighted by Gasteiger charge is -2.41. The van der Waals surface area contributed by atoms with Crippen LogP contribution in [0.1, 0.15) is 0 Å². The Morgan fingerprint density at radius 3 is 1.05 bits per heavy atom. The smallest absolute Gasteiger partial charge is 0.303 e. The maximum absolute atomic E-state index is 14.3. The van der Waals surface area contributed by atoms with Gasteiger partial charge >= 0.3 is 66.9 Å². The van der Waals surface area contributed by atoms with Crippen molar-refractivity contribution >= 4 is 17.8 Å². The first kappa shape index (κ1) is 38.5. The Morgan fingerprint density at radius 1 is 0.500 bits per heavy atom. The summed E-state index contributed by atoms with van der Waals surface area (Å²) in [6.45, 7) is 0. The Bertz CT molecular complexity index is 1110. The zero-order valence-corrected chi connectivity index (χ0v) is 18.5. The largest absolute Gasteiger partial charge is 0.473 e. The minimum atomic E-state index is -9.26. The molecule has 0 aromatic carbocycles. The monoisotopic (exact) mass is 695 g/mol. The second kappa shape index (κ2) is 9.53. The number of phosphoric acid groups is 1. The molecular weight excluding hydrogens is 692 g/mol. The summed E-state index contributed by atoms with van der Waals surface area (Å²) in [5.74, 6) is -60.0. The first-order chi connectivity index (χ1) is 16.7. The number of alkyl halides is 21. The summed E-state index contributed by atoms with van der Waals surface area (Å²) in [4.78, 5) is 16.3. The number of halogens is 21. The number of hydrogen-bond donors (Lipinski definition) is 3. The van der Waals surface area contributed by atoms with E-state index in [2.05, 4.69) is 0 Å². The van der Waals surface area contributed by atoms with Crippen LogP contribution in [-0.2, 0) is 19.1 Å². The molecular formula is C10H3F21NO6PS. The molecule has 30 heteroatoms. The Hall–Kier alpha value is -1.45. The molecule has 0 aliphatic carbocycles. The van der Waals surface area contributed by atoms with Gasteiger partial charge in [-0.3, -0.25) is 0 Å². The van der Waals surface area contributed by atoms with E-state index in [1.165, 1.54) is 0 Å². The fourth-order valence-electron chi connectivity index (χ4n) is 1.84. The van der Waals surface area contributed by atoms with Gasteiger partial charge in [0.15, 0.2) is 0 Å². The molecule has 0 aromatic rings. The molecule has 1 unspecified atom stereocenters. The van der Waals surface area contributed by atoms with Crippen molar-refractivity contribution in [3.05, 3.63) is 0 Å². The normalized spacial score (nSPS) is 18.1. The van der Waals surface area contributed by atoms with Crippen molar-refractivity contribution in [1.29, 1.82) is 0 Å². The number of hydrogen-bond acceptors (Lipinski definition) is 4. The second-order valence-corrected chi connectivity index (χ2v) is 9.63. The summed E-state index contributed by atoms with van der Waals surface area (Å²) in [5.41, 5.74) is 0. The molecule has 1 atom stereocenters. The third-order valence-corrected chi connectivity index (χ3v) is 5.86. The van der Waals surface area contributed by atoms with Gasteiger partial charge in [-0.25, -0.2) is 17.5 Å². The quantitative estimate of drug-likeness (QED) is 0.119. The molecule has 3 N–H and O–H groups in total. The minimum absolute atomic E-state index is 1.86. The predicted molar refractivity (Wildman–Crippen MR) is 75.8 cm³/mol. The molecule has 0 fully saturated rings. The van der Waals surface area contributed by atoms with Gasteiger partial charge in [-0.15, -0.1) is 4.72 Å². The van der Waals surface area contributed by atoms with Crippen LogP contribution in [0.5, 0.6) is 0 Å². The highest BCUT2D eigenvalue weighted by Gasteiger charge is 2.93. The molecule has 0 heterocycles. The van der Waals surface area contributed by atoms with Crippen molar-refractivity contribution in [3.63, 3.8) is 0 Å². The van der Waals surface area contributed by atoms with Gasteiger partial charge < -0.3 is 9.79 Å². The van der Waals surface area contributed by atoms with Crippen molar-refractivity contribution in [2.45, 2.75) is 59.1 Å². The fraction of sp³-hybridized carbons (Fsp3) is 1.00. The third-order valence-electron chi connectivity index (χ3n) is 3.91. The Balaban J connectivity index is 7.34. The highest BCUT2D eigenvalue weighted by Crippen LogP contribution is 2.62. The van der Waals surface area contributed by atoms with E-state index in [-0.39, 0.29) is 0 Å². The molecule has 0 saturated heterocycles. The van der Waals surface area contributed by atoms with E-state index in [9.17, 15) is 105 Å². The SMILES string of the molecule is O=P(O)(O)OC(F)(NS(=O)(=O)C(F)(F)C(F)(F)C(F)(F)C(F)(F)C(F)(F)C(F)(F)F)C(F)(F)C(F)(F)C(F)(F)F. The van der Waals surface area contributed by atoms with Crippen LogP contribution in [-0.4, -0.2) is 77.3 Å². The second-order valence-electron chi connectivity index (χ2n) is 6.74. The van der Waals surface area contributed by atoms with E-state index in [0.29, 0.717) is 0 Å². The summed E-state index contributed by atoms with van der Waals surface area (Å²) in [7, 11) is -16.8. The van der Waals surface area contributed by atoms with Gasteiger partial charge in [0, 0.05) is 0 Å². The fourth-order valence-corrected chi connectivity index (χ4v) is 3.50. The van der Waals surface area contributed by atoms with Gasteiger partial charge in [0.2, 0.25) is 0 Å². The number of rotatable bonds is 11. The van der Waals surface area contributed by atoms with E-state index < -0.39 is 81.7 Å². The Kier molecular flexibility index (Phi) is 9.18. The van der Waals surface area contributed by atoms with Crippen LogP contribution in [0.2, 0.25) is 0 Å². The number of nitrogens with one attached hydrogen (secondary N) is 1. The van der Waals surface area contributed by atoms with Crippen LogP contribution in [0, 0.1) is 0 Å². The van der Waals surface area contributed by atoms with Crippen molar-refractivity contribution in [3.8, 4) is 0 Å². The molecule has 0 rings (SSSR count). The molecule has 0 aliphatic rings. The predicted octanol–water partition coefficient (Wildman–Crippen LogP) is 5.17. The van der Waals surface area contributed by atoms with E-state index in [0.717, 1.165) is 0 Å². The van der Waals surface area contributed by atoms with E-state index in [1.807, 2.05) is 4.52 Å². The molecule has 0 radical (unpaired) electrons. The van der Waals surface area contributed by atoms with Crippen LogP contribution in [0.25, 0.3) is 0 Å². The summed E-state index contributed by atoms with van der Waals surface area (Å²) >= 11 is 0. The van der Waals surface area contributed by atoms with Gasteiger partial charge in [0.05, 0.1) is 0 Å². The van der Waals surface area contributed by atoms with Crippen molar-refractivity contribution < 1.29 is 119 Å². The van der Waals surface area contributed by atoms with E-state index in [1.54, 1.807) is 0 Å². The average molecular weight is 695 g/mol. The summed E-state index contributed by atoms with van der Waals surface area (Å²) in [6.07, 6.45) is -16.0. The van der Waals surface area contributed by atoms with Crippen molar-refractivity contribution in [1.82, 2.24) is 4.72 Å². The van der Waals surface area contributed by atoms with Gasteiger partial charge in [0.1, 0.15) is 0 Å². The molecule has 7 nitrogen and oxygen atoms in total. The summed E-state index contributed by atoms with van der Waals surface area (Å²) < 4.78 is 306. The zero-order valence-electron chi connectivity index (χ0n) is 16.8. The van der Waals surface area contributed by atoms with Gasteiger partial charge in [-0.2, -0.15) is 92.2 Å². The van der Waals surface area contributed by atoms with Crippen molar-refractivity contribution in [2.24, 2.45) is 0 Å². The van der Waals surface area contributed by atoms with Crippen LogP contribution in [0.4, 0.5) is 92.2 Å². The Morgan fingerprint density at radius 2 is 0.775 bits per heavy atom. The van der Waals surface area contributed by atoms with Gasteiger partial charge in [-0.1, -0.05) is 0 Å². The third kappa shape index (κ3) is 5.51. The van der Waals surface area contributed by atoms with Crippen LogP contribution >= 0.6 is 7.82 Å². The first-order valence-electron chi connectivity index (χ1n) is 7.93. The molecule has 0 saturated carbocycles. The van der Waals surface area contributed by atoms with E-state index in [4.69, 9.17) is 9.79 Å². The lowest BCUT2D eigenvalue weighted by molar-refractivity contribution is -0.433. The van der Waals surface area contributed by atoms with Gasteiger partial charge in [-0.05, 0) is 0 Å². The van der Waals surface area contributed by atoms with Crippen LogP contribution in [0.3, 0.4) is 0 Å². The first-order valence-corrected chi connectivity index (χ1v) is 10.9. The summed E-state index contributed by atoms with van der Waals surface area (Å²) in [6, 6.07) is 0. The lowest BCUT2D eigenvalue weighted by atomic mass is 9.98. The average Bonchev–Trinajstić information content (AvgIpc) is 2.62. The highest BCUT2D eigenvalue weighted by atomic mass is 32.2. The van der Waals surface area contributed by atoms with Gasteiger partial charge in [0.25, 0.3) is 10.0 Å². The molecule has 40 heavy (non-hydrogen) atoms. The number of phosphoric ester groups is 1. The minimum Gasteiger partial charge on any atom is -0.303 e. The van der Waals surface area contributed by atoms with Crippen LogP contribution < -0.4 is 4.72 Å². The molecule has 0 aliphatic heterocycles. The highest BCUT2D eigenvalue weighted by molar-refractivity contribution is 7.90. The topological polar surface area (TPSA) is 113 Å². The zero-order chi connectivity index (χ0) is 33.4. The number of sulfonamides is 1. The maximum atomic E-state index is 14.3. The molecule has 0 spiro atoms. The lowest BCUT2D eigenvalue weighted by Crippen LogP contribution is -2.74. The molecule has 0 aromatic heterocycles. The van der Waals surface area contributed by atoms with Crippen LogP contribution in [0.15, 0.2) is 0 Å². The Labute approximate surface area is 202 Å². The molecule has 0 amide bonds. The summed E-state index contributed by atoms with van der Waals surface area (Å²) in [5, 5.41) is -8.76. The molecule has 0 bridgehead atoms.